The van der Waals surface area contributed by atoms with Gasteiger partial charge in [0.05, 0.1) is 50.7 Å². The molecule has 1 spiro atoms. The van der Waals surface area contributed by atoms with Gasteiger partial charge in [-0.2, -0.15) is 0 Å². The Morgan fingerprint density at radius 3 is 1.18 bits per heavy atom. The predicted molar refractivity (Wildman–Crippen MR) is 284 cm³/mol. The molecule has 20 N–H and O–H groups in total. The highest BCUT2D eigenvalue weighted by molar-refractivity contribution is 5.77. The lowest BCUT2D eigenvalue weighted by Gasteiger charge is -2.64. The molecule has 0 aromatic heterocycles. The van der Waals surface area contributed by atoms with Crippen LogP contribution >= 0.6 is 0 Å². The van der Waals surface area contributed by atoms with E-state index in [0.29, 0.717) is 44.1 Å². The molecule has 4 aliphatic carbocycles. The Kier molecular flexibility index (Phi) is 21.4. The van der Waals surface area contributed by atoms with E-state index in [4.69, 9.17) is 56.8 Å². The van der Waals surface area contributed by atoms with Gasteiger partial charge in [-0.3, -0.25) is 4.79 Å². The largest absolute Gasteiger partial charge is 0.432 e. The molecule has 0 aromatic rings. The summed E-state index contributed by atoms with van der Waals surface area (Å²) in [5.41, 5.74) is -3.24. The van der Waals surface area contributed by atoms with Crippen LogP contribution in [0.4, 0.5) is 0 Å². The molecule has 33 nitrogen and oxygen atoms in total. The van der Waals surface area contributed by atoms with Crippen molar-refractivity contribution in [1.82, 2.24) is 0 Å². The Balaban J connectivity index is 0.921. The van der Waals surface area contributed by atoms with Crippen LogP contribution in [0.5, 0.6) is 0 Å². The highest BCUT2D eigenvalue weighted by Crippen LogP contribution is 2.74. The average Bonchev–Trinajstić information content (AvgIpc) is 1.62. The second-order valence-electron chi connectivity index (χ2n) is 26.4. The summed E-state index contributed by atoms with van der Waals surface area (Å²) in [5.74, 6) is -1.44. The Morgan fingerprint density at radius 2 is 0.775 bits per heavy atom. The second-order valence-corrected chi connectivity index (χ2v) is 26.4. The third-order valence-electron chi connectivity index (χ3n) is 21.3. The normalized spacial score (nSPS) is 54.5. The molecule has 0 unspecified atom stereocenters. The fraction of sp³-hybridized carbons (Fsp3) is 0.946. The Labute approximate surface area is 509 Å². The quantitative estimate of drug-likeness (QED) is 0.0344. The summed E-state index contributed by atoms with van der Waals surface area (Å²) in [4.78, 5) is 15.4. The monoisotopic (exact) mass is 1290 g/mol. The highest BCUT2D eigenvalue weighted by atomic mass is 16.8. The molecule has 10 fully saturated rings. The summed E-state index contributed by atoms with van der Waals surface area (Å²) in [6, 6.07) is 0. The predicted octanol–water partition coefficient (Wildman–Crippen LogP) is -9.47. The molecular formula is C56H90O33. The SMILES string of the molecule is C=C1C[C@@]23CC[C@H]4[C@@](C)(CCC[C@@]4(C)C(=O)O[C@@H]4O[C@H](CO)[C@@H](O)[C@H](O[C@@H]5O[C@H](CO)[C@@H](O)[C@H](O)[C@H]5O)[C@H]4O[C@H]4O[C@@H](CO)[C@H](O)[C@@H](O)[C@@H]4O)[C@@H]2CC[C@]1(O[C@@H]1O[C@H](CO)[C@@H](O)[C@H](O[C@@H]2O[C@H](CO)[C@@H](O)[C@H](O)[C@H]2O)[C@H]1O[C@H]1O[C@@H](CO)[C@H](O)[C@@H](O)[C@@H]1O)C3. The van der Waals surface area contributed by atoms with E-state index in [1.165, 1.54) is 0 Å². The number of fused-ring (bicyclic) bond motifs is 3. The lowest BCUT2D eigenvalue weighted by atomic mass is 9.41. The van der Waals surface area contributed by atoms with Gasteiger partial charge in [0.1, 0.15) is 140 Å². The van der Waals surface area contributed by atoms with E-state index in [1.807, 2.05) is 0 Å². The van der Waals surface area contributed by atoms with Gasteiger partial charge in [0.25, 0.3) is 0 Å². The number of ether oxygens (including phenoxy) is 12. The molecule has 36 atom stereocenters. The van der Waals surface area contributed by atoms with Gasteiger partial charge in [-0.15, -0.1) is 0 Å². The van der Waals surface area contributed by atoms with Crippen molar-refractivity contribution in [3.05, 3.63) is 12.2 Å². The molecule has 10 rings (SSSR count). The molecule has 512 valence electrons. The molecule has 89 heavy (non-hydrogen) atoms. The smallest absolute Gasteiger partial charge is 0.314 e. The summed E-state index contributed by atoms with van der Waals surface area (Å²) in [6.07, 6.45) is -51.9. The van der Waals surface area contributed by atoms with Crippen molar-refractivity contribution in [3.63, 3.8) is 0 Å². The molecule has 10 aliphatic rings. The first kappa shape index (κ1) is 69.8. The van der Waals surface area contributed by atoms with Gasteiger partial charge in [0, 0.05) is 0 Å². The Morgan fingerprint density at radius 1 is 0.427 bits per heavy atom. The van der Waals surface area contributed by atoms with Crippen molar-refractivity contribution in [2.45, 2.75) is 261 Å². The lowest BCUT2D eigenvalue weighted by Crippen LogP contribution is -2.68. The first-order valence-corrected chi connectivity index (χ1v) is 30.4. The molecule has 0 aromatic carbocycles. The summed E-state index contributed by atoms with van der Waals surface area (Å²) in [6.45, 7) is 3.03. The number of hydrogen-bond acceptors (Lipinski definition) is 33. The number of aliphatic hydroxyl groups excluding tert-OH is 20. The number of carbonyl (C=O) groups excluding carboxylic acids is 1. The van der Waals surface area contributed by atoms with Crippen LogP contribution in [0.15, 0.2) is 12.2 Å². The fourth-order valence-electron chi connectivity index (χ4n) is 16.4. The van der Waals surface area contributed by atoms with Crippen LogP contribution in [0, 0.1) is 28.1 Å². The molecule has 6 aliphatic heterocycles. The third-order valence-corrected chi connectivity index (χ3v) is 21.3. The standard InChI is InChI=1S/C56H90O33/c1-19-11-55-9-5-26-53(2,7-4-8-54(26,3)52(77)88-50-44(86-48-40(75)36(71)30(65)22(14-59)80-48)42(32(67)24(16-61)82-50)84-46-38(73)34(69)28(63)20(12-57)78-46)27(55)6-10-56(19,18-55)89-51-45(87-49-41(76)37(72)31(66)23(15-60)81-49)43(33(68)25(17-62)83-51)85-47-39(74)35(70)29(64)21(13-58)79-47/h20-51,57-76H,1,4-18H2,2-3H3/t20-,21-,22+,23+,24-,25-,26+,27+,28-,29-,30+,31+,32-,33-,34+,35+,36-,37-,38-,39-,40+,41+,42+,43+,44-,45-,46+,47+,48-,49-,50+,51+,53-,54-,55-,56+/m1/s1. The van der Waals surface area contributed by atoms with Crippen molar-refractivity contribution in [2.24, 2.45) is 28.1 Å². The Bertz CT molecular complexity index is 2390. The van der Waals surface area contributed by atoms with Crippen molar-refractivity contribution in [2.75, 3.05) is 39.6 Å². The van der Waals surface area contributed by atoms with Crippen molar-refractivity contribution in [1.29, 1.82) is 0 Å². The van der Waals surface area contributed by atoms with E-state index < -0.39 is 258 Å². The van der Waals surface area contributed by atoms with Crippen molar-refractivity contribution >= 4 is 5.97 Å². The highest BCUT2D eigenvalue weighted by Gasteiger charge is 2.70. The topological polar surface area (TPSA) is 532 Å². The van der Waals surface area contributed by atoms with Crippen LogP contribution in [-0.2, 0) is 61.6 Å². The summed E-state index contributed by atoms with van der Waals surface area (Å²) < 4.78 is 72.9. The van der Waals surface area contributed by atoms with Gasteiger partial charge < -0.3 is 159 Å². The first-order chi connectivity index (χ1) is 42.1. The van der Waals surface area contributed by atoms with E-state index in [2.05, 4.69) is 13.5 Å². The van der Waals surface area contributed by atoms with Crippen molar-refractivity contribution in [3.8, 4) is 0 Å². The zero-order chi connectivity index (χ0) is 64.7. The lowest BCUT2D eigenvalue weighted by molar-refractivity contribution is -0.400. The third kappa shape index (κ3) is 12.3. The van der Waals surface area contributed by atoms with Gasteiger partial charge in [-0.05, 0) is 86.5 Å². The molecule has 2 bridgehead atoms. The zero-order valence-corrected chi connectivity index (χ0v) is 49.0. The maximum atomic E-state index is 15.4. The van der Waals surface area contributed by atoms with Crippen molar-refractivity contribution < 1.29 is 164 Å². The fourth-order valence-corrected chi connectivity index (χ4v) is 16.4. The molecular weight excluding hydrogens is 1200 g/mol. The van der Waals surface area contributed by atoms with Gasteiger partial charge in [-0.25, -0.2) is 0 Å². The van der Waals surface area contributed by atoms with Crippen LogP contribution in [0.3, 0.4) is 0 Å². The number of aliphatic hydroxyl groups is 20. The van der Waals surface area contributed by atoms with Crippen LogP contribution in [0.25, 0.3) is 0 Å². The van der Waals surface area contributed by atoms with Crippen LogP contribution in [0.1, 0.15) is 71.6 Å². The van der Waals surface area contributed by atoms with E-state index in [1.54, 1.807) is 6.92 Å². The van der Waals surface area contributed by atoms with E-state index in [-0.39, 0.29) is 25.2 Å². The van der Waals surface area contributed by atoms with Gasteiger partial charge in [-0.1, -0.05) is 19.9 Å². The van der Waals surface area contributed by atoms with E-state index in [0.717, 1.165) is 0 Å². The molecule has 4 saturated carbocycles. The number of esters is 1. The number of carbonyl (C=O) groups is 1. The van der Waals surface area contributed by atoms with Crippen LogP contribution in [0.2, 0.25) is 0 Å². The minimum Gasteiger partial charge on any atom is -0.432 e. The minimum atomic E-state index is -2.08. The van der Waals surface area contributed by atoms with Gasteiger partial charge in [0.2, 0.25) is 6.29 Å². The number of rotatable bonds is 18. The molecule has 33 heteroatoms. The average molecular weight is 1290 g/mol. The summed E-state index contributed by atoms with van der Waals surface area (Å²) in [5, 5.41) is 215. The van der Waals surface area contributed by atoms with Crippen LogP contribution < -0.4 is 0 Å². The maximum Gasteiger partial charge on any atom is 0.314 e. The Hall–Kier alpha value is -2.03. The summed E-state index contributed by atoms with van der Waals surface area (Å²) in [7, 11) is 0. The number of hydrogen-bond donors (Lipinski definition) is 20. The maximum absolute atomic E-state index is 15.4. The second kappa shape index (κ2) is 27.2. The molecule has 0 radical (unpaired) electrons. The molecule has 6 heterocycles. The summed E-state index contributed by atoms with van der Waals surface area (Å²) >= 11 is 0. The van der Waals surface area contributed by atoms with Gasteiger partial charge in [0.15, 0.2) is 37.6 Å². The first-order valence-electron chi connectivity index (χ1n) is 30.4. The van der Waals surface area contributed by atoms with Crippen LogP contribution in [-0.4, -0.2) is 338 Å². The minimum absolute atomic E-state index is 0.154. The zero-order valence-electron chi connectivity index (χ0n) is 49.0. The van der Waals surface area contributed by atoms with E-state index in [9.17, 15) is 102 Å². The molecule has 6 saturated heterocycles. The van der Waals surface area contributed by atoms with E-state index >= 15 is 4.79 Å². The van der Waals surface area contributed by atoms with Gasteiger partial charge >= 0.3 is 5.97 Å². The molecule has 0 amide bonds.